The third-order valence-corrected chi connectivity index (χ3v) is 1.93. The fourth-order valence-corrected chi connectivity index (χ4v) is 1.29. The number of halogens is 1. The van der Waals surface area contributed by atoms with Crippen LogP contribution in [0.2, 0.25) is 5.02 Å². The van der Waals surface area contributed by atoms with Gasteiger partial charge in [-0.1, -0.05) is 11.6 Å². The summed E-state index contributed by atoms with van der Waals surface area (Å²) in [7, 11) is 0. The summed E-state index contributed by atoms with van der Waals surface area (Å²) in [5.41, 5.74) is 5.74. The summed E-state index contributed by atoms with van der Waals surface area (Å²) in [5, 5.41) is 0.586. The molecule has 80 valence electrons. The Kier molecular flexibility index (Phi) is 4.18. The molecule has 0 atom stereocenters. The van der Waals surface area contributed by atoms with Crippen LogP contribution in [0.3, 0.4) is 0 Å². The first kappa shape index (κ1) is 11.6. The fourth-order valence-electron chi connectivity index (χ4n) is 1.11. The largest absolute Gasteiger partial charge is 0.493 e. The van der Waals surface area contributed by atoms with E-state index in [1.165, 1.54) is 6.08 Å². The van der Waals surface area contributed by atoms with Crippen LogP contribution in [-0.2, 0) is 4.79 Å². The molecular weight excluding hydrogens is 214 g/mol. The second-order valence-corrected chi connectivity index (χ2v) is 3.29. The molecule has 4 heteroatoms. The second-order valence-electron chi connectivity index (χ2n) is 2.85. The summed E-state index contributed by atoms with van der Waals surface area (Å²) in [6.45, 7) is 2.44. The minimum atomic E-state index is -0.502. The van der Waals surface area contributed by atoms with Gasteiger partial charge in [0, 0.05) is 16.7 Å². The van der Waals surface area contributed by atoms with Gasteiger partial charge in [0.15, 0.2) is 0 Å². The van der Waals surface area contributed by atoms with Crippen molar-refractivity contribution in [3.8, 4) is 5.75 Å². The molecule has 3 nitrogen and oxygen atoms in total. The molecule has 0 aromatic heterocycles. The van der Waals surface area contributed by atoms with Gasteiger partial charge in [0.1, 0.15) is 5.75 Å². The van der Waals surface area contributed by atoms with Crippen molar-refractivity contribution in [2.75, 3.05) is 6.61 Å². The molecule has 0 aliphatic heterocycles. The van der Waals surface area contributed by atoms with E-state index >= 15 is 0 Å². The van der Waals surface area contributed by atoms with Crippen LogP contribution in [0.15, 0.2) is 24.3 Å². The van der Waals surface area contributed by atoms with Crippen molar-refractivity contribution in [1.29, 1.82) is 0 Å². The Bertz CT molecular complexity index is 388. The first-order valence-electron chi connectivity index (χ1n) is 4.53. The van der Waals surface area contributed by atoms with Crippen LogP contribution in [0, 0.1) is 0 Å². The molecule has 1 aromatic rings. The van der Waals surface area contributed by atoms with E-state index in [2.05, 4.69) is 0 Å². The first-order valence-corrected chi connectivity index (χ1v) is 4.91. The number of amides is 1. The number of ether oxygens (including phenoxy) is 1. The molecule has 0 aliphatic carbocycles. The number of primary amides is 1. The highest BCUT2D eigenvalue weighted by Gasteiger charge is 2.01. The van der Waals surface area contributed by atoms with Crippen LogP contribution in [-0.4, -0.2) is 12.5 Å². The molecule has 0 fully saturated rings. The monoisotopic (exact) mass is 225 g/mol. The van der Waals surface area contributed by atoms with Crippen LogP contribution in [0.1, 0.15) is 12.5 Å². The molecule has 2 N–H and O–H groups in total. The van der Waals surface area contributed by atoms with E-state index in [1.807, 2.05) is 6.92 Å². The zero-order valence-electron chi connectivity index (χ0n) is 8.37. The van der Waals surface area contributed by atoms with E-state index in [0.717, 1.165) is 5.56 Å². The summed E-state index contributed by atoms with van der Waals surface area (Å²) in [5.74, 6) is 0.178. The average Bonchev–Trinajstić information content (AvgIpc) is 2.18. The molecule has 0 saturated heterocycles. The normalized spacial score (nSPS) is 10.5. The lowest BCUT2D eigenvalue weighted by Gasteiger charge is -2.06. The predicted octanol–water partition coefficient (Wildman–Crippen LogP) is 2.24. The predicted molar refractivity (Wildman–Crippen MR) is 60.8 cm³/mol. The molecule has 0 unspecified atom stereocenters. The van der Waals surface area contributed by atoms with Crippen LogP contribution in [0.25, 0.3) is 6.08 Å². The maximum absolute atomic E-state index is 10.6. The average molecular weight is 226 g/mol. The quantitative estimate of drug-likeness (QED) is 0.799. The van der Waals surface area contributed by atoms with Crippen molar-refractivity contribution < 1.29 is 9.53 Å². The Labute approximate surface area is 93.5 Å². The smallest absolute Gasteiger partial charge is 0.241 e. The highest BCUT2D eigenvalue weighted by atomic mass is 35.5. The van der Waals surface area contributed by atoms with Gasteiger partial charge < -0.3 is 10.5 Å². The van der Waals surface area contributed by atoms with Gasteiger partial charge in [0.05, 0.1) is 6.61 Å². The van der Waals surface area contributed by atoms with Gasteiger partial charge in [-0.25, -0.2) is 0 Å². The number of benzene rings is 1. The summed E-state index contributed by atoms with van der Waals surface area (Å²) < 4.78 is 5.36. The van der Waals surface area contributed by atoms with Crippen molar-refractivity contribution in [2.24, 2.45) is 5.73 Å². The fraction of sp³-hybridized carbons (Fsp3) is 0.182. The van der Waals surface area contributed by atoms with E-state index in [-0.39, 0.29) is 0 Å². The SMILES string of the molecule is CCOc1ccc(Cl)cc1/C=C/C(N)=O. The lowest BCUT2D eigenvalue weighted by molar-refractivity contribution is -0.113. The summed E-state index contributed by atoms with van der Waals surface area (Å²) in [6, 6.07) is 5.20. The molecule has 15 heavy (non-hydrogen) atoms. The van der Waals surface area contributed by atoms with Gasteiger partial charge in [0.25, 0.3) is 0 Å². The molecule has 0 spiro atoms. The highest BCUT2D eigenvalue weighted by molar-refractivity contribution is 6.30. The molecule has 0 heterocycles. The van der Waals surface area contributed by atoms with Crippen LogP contribution < -0.4 is 10.5 Å². The van der Waals surface area contributed by atoms with E-state index in [1.54, 1.807) is 24.3 Å². The van der Waals surface area contributed by atoms with Crippen molar-refractivity contribution in [1.82, 2.24) is 0 Å². The van der Waals surface area contributed by atoms with Crippen LogP contribution in [0.4, 0.5) is 0 Å². The number of hydrogen-bond acceptors (Lipinski definition) is 2. The Balaban J connectivity index is 3.01. The maximum atomic E-state index is 10.6. The zero-order valence-corrected chi connectivity index (χ0v) is 9.12. The maximum Gasteiger partial charge on any atom is 0.241 e. The van der Waals surface area contributed by atoms with Crippen molar-refractivity contribution in [3.63, 3.8) is 0 Å². The van der Waals surface area contributed by atoms with Crippen LogP contribution >= 0.6 is 11.6 Å². The molecule has 0 bridgehead atoms. The van der Waals surface area contributed by atoms with E-state index in [4.69, 9.17) is 22.1 Å². The van der Waals surface area contributed by atoms with Gasteiger partial charge in [-0.15, -0.1) is 0 Å². The van der Waals surface area contributed by atoms with Crippen molar-refractivity contribution >= 4 is 23.6 Å². The Morgan fingerprint density at radius 1 is 1.60 bits per heavy atom. The summed E-state index contributed by atoms with van der Waals surface area (Å²) in [4.78, 5) is 10.6. The van der Waals surface area contributed by atoms with E-state index < -0.39 is 5.91 Å². The molecule has 1 aromatic carbocycles. The highest BCUT2D eigenvalue weighted by Crippen LogP contribution is 2.24. The van der Waals surface area contributed by atoms with E-state index in [0.29, 0.717) is 17.4 Å². The van der Waals surface area contributed by atoms with Crippen molar-refractivity contribution in [3.05, 3.63) is 34.9 Å². The number of rotatable bonds is 4. The molecule has 1 rings (SSSR count). The molecule has 0 saturated carbocycles. The second kappa shape index (κ2) is 5.41. The number of nitrogens with two attached hydrogens (primary N) is 1. The number of hydrogen-bond donors (Lipinski definition) is 1. The minimum Gasteiger partial charge on any atom is -0.493 e. The summed E-state index contributed by atoms with van der Waals surface area (Å²) in [6.07, 6.45) is 2.85. The zero-order chi connectivity index (χ0) is 11.3. The first-order chi connectivity index (χ1) is 7.13. The van der Waals surface area contributed by atoms with Gasteiger partial charge in [-0.2, -0.15) is 0 Å². The van der Waals surface area contributed by atoms with Crippen LogP contribution in [0.5, 0.6) is 5.75 Å². The third kappa shape index (κ3) is 3.64. The Hall–Kier alpha value is -1.48. The van der Waals surface area contributed by atoms with E-state index in [9.17, 15) is 4.79 Å². The van der Waals surface area contributed by atoms with Gasteiger partial charge in [-0.3, -0.25) is 4.79 Å². The standard InChI is InChI=1S/C11H12ClNO2/c1-2-15-10-5-4-9(12)7-8(10)3-6-11(13)14/h3-7H,2H2,1H3,(H2,13,14)/b6-3+. The number of carbonyl (C=O) groups is 1. The van der Waals surface area contributed by atoms with Gasteiger partial charge in [-0.05, 0) is 31.2 Å². The lowest BCUT2D eigenvalue weighted by atomic mass is 10.2. The van der Waals surface area contributed by atoms with Gasteiger partial charge >= 0.3 is 0 Å². The molecule has 1 amide bonds. The topological polar surface area (TPSA) is 52.3 Å². The summed E-state index contributed by atoms with van der Waals surface area (Å²) >= 11 is 5.83. The molecular formula is C11H12ClNO2. The van der Waals surface area contributed by atoms with Gasteiger partial charge in [0.2, 0.25) is 5.91 Å². The van der Waals surface area contributed by atoms with Crippen molar-refractivity contribution in [2.45, 2.75) is 6.92 Å². The minimum absolute atomic E-state index is 0.502. The molecule has 0 radical (unpaired) electrons. The molecule has 0 aliphatic rings. The Morgan fingerprint density at radius 3 is 2.93 bits per heavy atom. The third-order valence-electron chi connectivity index (χ3n) is 1.70. The Morgan fingerprint density at radius 2 is 2.33 bits per heavy atom. The number of carbonyl (C=O) groups excluding carboxylic acids is 1. The lowest BCUT2D eigenvalue weighted by Crippen LogP contribution is -2.05.